The Kier molecular flexibility index (Phi) is 6.59. The number of hydrogen-bond acceptors (Lipinski definition) is 3. The number of nitrogens with one attached hydrogen (secondary N) is 1. The molecule has 134 valence electrons. The standard InChI is InChI=1S/C21H27NO3/c1-5-21(3,4)17-13-11-16(12-14-17)20(23)22-18-9-7-8-10-19(18)25-15-24-6-2/h7-14H,5-6,15H2,1-4H3,(H,22,23). The number of hydrogen-bond donors (Lipinski definition) is 1. The molecule has 4 heteroatoms. The Hall–Kier alpha value is -2.33. The van der Waals surface area contributed by atoms with Crippen LogP contribution in [0.15, 0.2) is 48.5 Å². The lowest BCUT2D eigenvalue weighted by molar-refractivity contribution is 0.0228. The van der Waals surface area contributed by atoms with E-state index in [0.29, 0.717) is 23.6 Å². The summed E-state index contributed by atoms with van der Waals surface area (Å²) in [6, 6.07) is 15.1. The Morgan fingerprint density at radius 3 is 2.36 bits per heavy atom. The third-order valence-corrected chi connectivity index (χ3v) is 4.45. The summed E-state index contributed by atoms with van der Waals surface area (Å²) in [5.74, 6) is 0.432. The van der Waals surface area contributed by atoms with E-state index < -0.39 is 0 Å². The van der Waals surface area contributed by atoms with Crippen molar-refractivity contribution in [3.63, 3.8) is 0 Å². The molecule has 0 atom stereocenters. The zero-order valence-electron chi connectivity index (χ0n) is 15.5. The lowest BCUT2D eigenvalue weighted by atomic mass is 9.82. The van der Waals surface area contributed by atoms with Gasteiger partial charge in [0.1, 0.15) is 5.75 Å². The predicted octanol–water partition coefficient (Wildman–Crippen LogP) is 5.00. The summed E-state index contributed by atoms with van der Waals surface area (Å²) in [6.07, 6.45) is 1.04. The predicted molar refractivity (Wildman–Crippen MR) is 101 cm³/mol. The molecule has 0 unspecified atom stereocenters. The molecule has 0 aliphatic carbocycles. The van der Waals surface area contributed by atoms with Crippen LogP contribution in [0.5, 0.6) is 5.75 Å². The highest BCUT2D eigenvalue weighted by Gasteiger charge is 2.18. The van der Waals surface area contributed by atoms with E-state index in [1.54, 1.807) is 0 Å². The van der Waals surface area contributed by atoms with Crippen LogP contribution in [-0.2, 0) is 10.2 Å². The molecule has 0 bridgehead atoms. The van der Waals surface area contributed by atoms with Gasteiger partial charge < -0.3 is 14.8 Å². The van der Waals surface area contributed by atoms with E-state index in [9.17, 15) is 4.79 Å². The number of benzene rings is 2. The average molecular weight is 341 g/mol. The molecule has 0 heterocycles. The van der Waals surface area contributed by atoms with E-state index in [1.165, 1.54) is 5.56 Å². The molecule has 1 amide bonds. The highest BCUT2D eigenvalue weighted by molar-refractivity contribution is 6.05. The van der Waals surface area contributed by atoms with Gasteiger partial charge in [-0.3, -0.25) is 4.79 Å². The van der Waals surface area contributed by atoms with Crippen molar-refractivity contribution in [3.05, 3.63) is 59.7 Å². The van der Waals surface area contributed by atoms with Crippen LogP contribution in [0.25, 0.3) is 0 Å². The highest BCUT2D eigenvalue weighted by Crippen LogP contribution is 2.27. The Morgan fingerprint density at radius 1 is 1.04 bits per heavy atom. The van der Waals surface area contributed by atoms with Crippen LogP contribution >= 0.6 is 0 Å². The molecule has 0 fully saturated rings. The van der Waals surface area contributed by atoms with Crippen molar-refractivity contribution in [1.29, 1.82) is 0 Å². The summed E-state index contributed by atoms with van der Waals surface area (Å²) >= 11 is 0. The summed E-state index contributed by atoms with van der Waals surface area (Å²) < 4.78 is 10.8. The van der Waals surface area contributed by atoms with Crippen molar-refractivity contribution >= 4 is 11.6 Å². The first-order chi connectivity index (χ1) is 12.0. The number of carbonyl (C=O) groups excluding carboxylic acids is 1. The zero-order chi connectivity index (χ0) is 18.3. The Bertz CT molecular complexity index is 693. The van der Waals surface area contributed by atoms with E-state index in [0.717, 1.165) is 6.42 Å². The van der Waals surface area contributed by atoms with E-state index in [1.807, 2.05) is 55.5 Å². The number of para-hydroxylation sites is 2. The van der Waals surface area contributed by atoms with Crippen molar-refractivity contribution in [2.24, 2.45) is 0 Å². The van der Waals surface area contributed by atoms with Gasteiger partial charge in [0.25, 0.3) is 5.91 Å². The third kappa shape index (κ3) is 5.07. The normalized spacial score (nSPS) is 11.2. The molecule has 0 spiro atoms. The maximum absolute atomic E-state index is 12.5. The van der Waals surface area contributed by atoms with E-state index >= 15 is 0 Å². The fraction of sp³-hybridized carbons (Fsp3) is 0.381. The van der Waals surface area contributed by atoms with Gasteiger partial charge in [-0.15, -0.1) is 0 Å². The van der Waals surface area contributed by atoms with Gasteiger partial charge >= 0.3 is 0 Å². The van der Waals surface area contributed by atoms with Gasteiger partial charge in [0, 0.05) is 12.2 Å². The lowest BCUT2D eigenvalue weighted by Gasteiger charge is -2.23. The van der Waals surface area contributed by atoms with Gasteiger partial charge in [0.05, 0.1) is 5.69 Å². The van der Waals surface area contributed by atoms with Crippen LogP contribution in [0, 0.1) is 0 Å². The second kappa shape index (κ2) is 8.67. The van der Waals surface area contributed by atoms with Crippen molar-refractivity contribution in [3.8, 4) is 5.75 Å². The topological polar surface area (TPSA) is 47.6 Å². The summed E-state index contributed by atoms with van der Waals surface area (Å²) in [5.41, 5.74) is 2.58. The van der Waals surface area contributed by atoms with Gasteiger partial charge in [-0.25, -0.2) is 0 Å². The average Bonchev–Trinajstić information content (AvgIpc) is 2.63. The first-order valence-corrected chi connectivity index (χ1v) is 8.69. The van der Waals surface area contributed by atoms with Crippen LogP contribution in [0.4, 0.5) is 5.69 Å². The van der Waals surface area contributed by atoms with Gasteiger partial charge in [-0.05, 0) is 48.6 Å². The van der Waals surface area contributed by atoms with Crippen LogP contribution in [0.3, 0.4) is 0 Å². The molecule has 2 aromatic rings. The number of ether oxygens (including phenoxy) is 2. The van der Waals surface area contributed by atoms with Crippen LogP contribution in [0.1, 0.15) is 50.0 Å². The Labute approximate surface area is 150 Å². The SMILES string of the molecule is CCOCOc1ccccc1NC(=O)c1ccc(C(C)(C)CC)cc1. The Balaban J connectivity index is 2.10. The molecule has 2 rings (SSSR count). The summed E-state index contributed by atoms with van der Waals surface area (Å²) in [6.45, 7) is 9.21. The molecule has 1 N–H and O–H groups in total. The highest BCUT2D eigenvalue weighted by atomic mass is 16.7. The molecule has 0 radical (unpaired) electrons. The molecule has 2 aromatic carbocycles. The van der Waals surface area contributed by atoms with Crippen LogP contribution in [-0.4, -0.2) is 19.3 Å². The fourth-order valence-corrected chi connectivity index (χ4v) is 2.36. The molecular formula is C21H27NO3. The second-order valence-electron chi connectivity index (χ2n) is 6.52. The van der Waals surface area contributed by atoms with Gasteiger partial charge in [0.2, 0.25) is 0 Å². The molecule has 0 aliphatic heterocycles. The zero-order valence-corrected chi connectivity index (χ0v) is 15.5. The number of carbonyl (C=O) groups is 1. The third-order valence-electron chi connectivity index (χ3n) is 4.45. The monoisotopic (exact) mass is 341 g/mol. The van der Waals surface area contributed by atoms with Crippen LogP contribution < -0.4 is 10.1 Å². The van der Waals surface area contributed by atoms with Crippen molar-refractivity contribution in [2.75, 3.05) is 18.7 Å². The number of amides is 1. The van der Waals surface area contributed by atoms with Gasteiger partial charge in [-0.1, -0.05) is 45.0 Å². The smallest absolute Gasteiger partial charge is 0.255 e. The maximum atomic E-state index is 12.5. The molecule has 25 heavy (non-hydrogen) atoms. The molecule has 0 saturated heterocycles. The minimum absolute atomic E-state index is 0.106. The molecule has 4 nitrogen and oxygen atoms in total. The van der Waals surface area contributed by atoms with E-state index in [2.05, 4.69) is 26.1 Å². The largest absolute Gasteiger partial charge is 0.465 e. The van der Waals surface area contributed by atoms with Gasteiger partial charge in [-0.2, -0.15) is 0 Å². The molecular weight excluding hydrogens is 314 g/mol. The Morgan fingerprint density at radius 2 is 1.72 bits per heavy atom. The van der Waals surface area contributed by atoms with E-state index in [-0.39, 0.29) is 18.1 Å². The minimum Gasteiger partial charge on any atom is -0.465 e. The lowest BCUT2D eigenvalue weighted by Crippen LogP contribution is -2.17. The first-order valence-electron chi connectivity index (χ1n) is 8.69. The summed E-state index contributed by atoms with van der Waals surface area (Å²) in [5, 5.41) is 2.91. The number of rotatable bonds is 8. The molecule has 0 aromatic heterocycles. The fourth-order valence-electron chi connectivity index (χ4n) is 2.36. The van der Waals surface area contributed by atoms with Gasteiger partial charge in [0.15, 0.2) is 6.79 Å². The maximum Gasteiger partial charge on any atom is 0.255 e. The van der Waals surface area contributed by atoms with Crippen molar-refractivity contribution < 1.29 is 14.3 Å². The second-order valence-corrected chi connectivity index (χ2v) is 6.52. The first kappa shape index (κ1) is 19.0. The van der Waals surface area contributed by atoms with Crippen molar-refractivity contribution in [2.45, 2.75) is 39.5 Å². The van der Waals surface area contributed by atoms with Crippen molar-refractivity contribution in [1.82, 2.24) is 0 Å². The number of anilines is 1. The quantitative estimate of drug-likeness (QED) is 0.543. The summed E-state index contributed by atoms with van der Waals surface area (Å²) in [7, 11) is 0. The summed E-state index contributed by atoms with van der Waals surface area (Å²) in [4.78, 5) is 12.5. The van der Waals surface area contributed by atoms with E-state index in [4.69, 9.17) is 9.47 Å². The minimum atomic E-state index is -0.159. The molecule has 0 saturated carbocycles. The molecule has 0 aliphatic rings. The van der Waals surface area contributed by atoms with Crippen LogP contribution in [0.2, 0.25) is 0 Å².